The lowest BCUT2D eigenvalue weighted by Crippen LogP contribution is -2.13. The van der Waals surface area contributed by atoms with Gasteiger partial charge in [-0.05, 0) is 34.1 Å². The minimum atomic E-state index is -0.303. The molecule has 0 aliphatic carbocycles. The predicted molar refractivity (Wildman–Crippen MR) is 73.8 cm³/mol. The van der Waals surface area contributed by atoms with Crippen LogP contribution in [0.2, 0.25) is 0 Å². The number of rotatable bonds is 2. The molecule has 0 saturated carbocycles. The lowest BCUT2D eigenvalue weighted by atomic mass is 10.2. The number of H-pyrrole nitrogens is 1. The molecule has 2 aromatic heterocycles. The first-order valence-electron chi connectivity index (χ1n) is 5.44. The Labute approximate surface area is 116 Å². The Bertz CT molecular complexity index is 737. The fraction of sp³-hybridized carbons (Fsp3) is 0. The molecule has 3 aromatic rings. The first-order chi connectivity index (χ1) is 9.22. The number of hydrogen-bond donors (Lipinski definition) is 2. The summed E-state index contributed by atoms with van der Waals surface area (Å²) in [5.41, 5.74) is 1.86. The highest BCUT2D eigenvalue weighted by Crippen LogP contribution is 2.17. The van der Waals surface area contributed by atoms with Gasteiger partial charge in [-0.2, -0.15) is 5.10 Å². The van der Waals surface area contributed by atoms with Crippen molar-refractivity contribution in [3.63, 3.8) is 0 Å². The van der Waals surface area contributed by atoms with Crippen molar-refractivity contribution in [3.8, 4) is 0 Å². The third kappa shape index (κ3) is 2.45. The first-order valence-corrected chi connectivity index (χ1v) is 6.24. The number of aromatic nitrogens is 4. The molecule has 0 aliphatic rings. The first kappa shape index (κ1) is 11.8. The van der Waals surface area contributed by atoms with Gasteiger partial charge >= 0.3 is 0 Å². The zero-order chi connectivity index (χ0) is 13.2. The summed E-state index contributed by atoms with van der Waals surface area (Å²) < 4.78 is 0.587. The molecule has 0 saturated heterocycles. The molecule has 19 heavy (non-hydrogen) atoms. The fourth-order valence-corrected chi connectivity index (χ4v) is 1.85. The highest BCUT2D eigenvalue weighted by molar-refractivity contribution is 9.10. The van der Waals surface area contributed by atoms with Crippen LogP contribution in [-0.2, 0) is 0 Å². The molecular formula is C12H8BrN5O. The lowest BCUT2D eigenvalue weighted by molar-refractivity contribution is 0.102. The quantitative estimate of drug-likeness (QED) is 0.760. The Hall–Kier alpha value is -2.28. The third-order valence-electron chi connectivity index (χ3n) is 2.55. The van der Waals surface area contributed by atoms with Crippen LogP contribution in [0.4, 0.5) is 5.69 Å². The summed E-state index contributed by atoms with van der Waals surface area (Å²) in [7, 11) is 0. The maximum atomic E-state index is 11.9. The Morgan fingerprint density at radius 2 is 2.11 bits per heavy atom. The average molecular weight is 318 g/mol. The Morgan fingerprint density at radius 3 is 2.89 bits per heavy atom. The summed E-state index contributed by atoms with van der Waals surface area (Å²) in [5, 5.41) is 10.5. The number of hydrogen-bond acceptors (Lipinski definition) is 4. The molecule has 94 valence electrons. The topological polar surface area (TPSA) is 83.6 Å². The number of amides is 1. The van der Waals surface area contributed by atoms with Crippen molar-refractivity contribution >= 4 is 38.4 Å². The normalized spacial score (nSPS) is 10.6. The molecule has 0 atom stereocenters. The molecule has 0 radical (unpaired) electrons. The van der Waals surface area contributed by atoms with Gasteiger partial charge < -0.3 is 5.32 Å². The van der Waals surface area contributed by atoms with Crippen LogP contribution in [0.5, 0.6) is 0 Å². The SMILES string of the molecule is O=C(Nc1ccc2[nH]ncc2c1)c1cnc(Br)cn1. The summed E-state index contributed by atoms with van der Waals surface area (Å²) in [6.45, 7) is 0. The van der Waals surface area contributed by atoms with E-state index in [-0.39, 0.29) is 11.6 Å². The van der Waals surface area contributed by atoms with Gasteiger partial charge in [-0.15, -0.1) is 0 Å². The van der Waals surface area contributed by atoms with Gasteiger partial charge in [0.15, 0.2) is 0 Å². The van der Waals surface area contributed by atoms with Crippen molar-refractivity contribution in [2.24, 2.45) is 0 Å². The van der Waals surface area contributed by atoms with Crippen LogP contribution in [0.25, 0.3) is 10.9 Å². The molecule has 7 heteroatoms. The van der Waals surface area contributed by atoms with Gasteiger partial charge in [-0.3, -0.25) is 9.89 Å². The molecule has 3 rings (SSSR count). The molecule has 2 heterocycles. The maximum Gasteiger partial charge on any atom is 0.275 e. The largest absolute Gasteiger partial charge is 0.321 e. The molecule has 6 nitrogen and oxygen atoms in total. The number of carbonyl (C=O) groups excluding carboxylic acids is 1. The minimum absolute atomic E-state index is 0.260. The molecular weight excluding hydrogens is 310 g/mol. The van der Waals surface area contributed by atoms with E-state index in [1.165, 1.54) is 12.4 Å². The summed E-state index contributed by atoms with van der Waals surface area (Å²) in [5.74, 6) is -0.303. The molecule has 0 bridgehead atoms. The Morgan fingerprint density at radius 1 is 1.21 bits per heavy atom. The van der Waals surface area contributed by atoms with E-state index in [1.54, 1.807) is 12.3 Å². The van der Waals surface area contributed by atoms with Crippen molar-refractivity contribution in [1.82, 2.24) is 20.2 Å². The van der Waals surface area contributed by atoms with Gasteiger partial charge in [-0.25, -0.2) is 9.97 Å². The van der Waals surface area contributed by atoms with Crippen LogP contribution in [0.3, 0.4) is 0 Å². The average Bonchev–Trinajstić information content (AvgIpc) is 2.87. The zero-order valence-electron chi connectivity index (χ0n) is 9.59. The van der Waals surface area contributed by atoms with Crippen molar-refractivity contribution < 1.29 is 4.79 Å². The molecule has 0 aliphatic heterocycles. The molecule has 0 unspecified atom stereocenters. The monoisotopic (exact) mass is 317 g/mol. The van der Waals surface area contributed by atoms with Gasteiger partial charge in [0.05, 0.1) is 24.1 Å². The zero-order valence-corrected chi connectivity index (χ0v) is 11.2. The van der Waals surface area contributed by atoms with E-state index in [0.717, 1.165) is 10.9 Å². The molecule has 0 spiro atoms. The highest BCUT2D eigenvalue weighted by Gasteiger charge is 2.08. The summed E-state index contributed by atoms with van der Waals surface area (Å²) in [6, 6.07) is 5.49. The molecule has 1 amide bonds. The predicted octanol–water partition coefficient (Wildman–Crippen LogP) is 2.37. The van der Waals surface area contributed by atoms with Crippen molar-refractivity contribution in [3.05, 3.63) is 47.1 Å². The second-order valence-corrected chi connectivity index (χ2v) is 4.66. The highest BCUT2D eigenvalue weighted by atomic mass is 79.9. The summed E-state index contributed by atoms with van der Waals surface area (Å²) in [6.07, 6.45) is 4.59. The number of anilines is 1. The van der Waals surface area contributed by atoms with Crippen LogP contribution in [0.1, 0.15) is 10.5 Å². The van der Waals surface area contributed by atoms with Crippen LogP contribution < -0.4 is 5.32 Å². The summed E-state index contributed by atoms with van der Waals surface area (Å²) in [4.78, 5) is 19.9. The third-order valence-corrected chi connectivity index (χ3v) is 2.96. The number of nitrogens with one attached hydrogen (secondary N) is 2. The van der Waals surface area contributed by atoms with E-state index in [1.807, 2.05) is 12.1 Å². The smallest absolute Gasteiger partial charge is 0.275 e. The number of fused-ring (bicyclic) bond motifs is 1. The van der Waals surface area contributed by atoms with E-state index in [4.69, 9.17) is 0 Å². The van der Waals surface area contributed by atoms with Crippen molar-refractivity contribution in [1.29, 1.82) is 0 Å². The van der Waals surface area contributed by atoms with Crippen LogP contribution in [0, 0.1) is 0 Å². The number of nitrogens with zero attached hydrogens (tertiary/aromatic N) is 3. The van der Waals surface area contributed by atoms with E-state index >= 15 is 0 Å². The number of aromatic amines is 1. The fourth-order valence-electron chi connectivity index (χ4n) is 1.65. The van der Waals surface area contributed by atoms with E-state index in [9.17, 15) is 4.79 Å². The van der Waals surface area contributed by atoms with E-state index in [0.29, 0.717) is 10.3 Å². The summed E-state index contributed by atoms with van der Waals surface area (Å²) >= 11 is 3.17. The van der Waals surface area contributed by atoms with Crippen LogP contribution in [-0.4, -0.2) is 26.1 Å². The Balaban J connectivity index is 1.83. The molecule has 2 N–H and O–H groups in total. The van der Waals surface area contributed by atoms with Gasteiger partial charge in [0.1, 0.15) is 10.3 Å². The van der Waals surface area contributed by atoms with Crippen LogP contribution >= 0.6 is 15.9 Å². The maximum absolute atomic E-state index is 11.9. The minimum Gasteiger partial charge on any atom is -0.321 e. The van der Waals surface area contributed by atoms with Crippen molar-refractivity contribution in [2.75, 3.05) is 5.32 Å². The van der Waals surface area contributed by atoms with Gasteiger partial charge in [0.25, 0.3) is 5.91 Å². The number of halogens is 1. The second-order valence-electron chi connectivity index (χ2n) is 3.85. The molecule has 1 aromatic carbocycles. The van der Waals surface area contributed by atoms with Crippen LogP contribution in [0.15, 0.2) is 41.4 Å². The second kappa shape index (κ2) is 4.77. The van der Waals surface area contributed by atoms with E-state index in [2.05, 4.69) is 41.4 Å². The number of benzene rings is 1. The van der Waals surface area contributed by atoms with Gasteiger partial charge in [0.2, 0.25) is 0 Å². The van der Waals surface area contributed by atoms with Gasteiger partial charge in [-0.1, -0.05) is 0 Å². The standard InChI is InChI=1S/C12H8BrN5O/c13-11-6-14-10(5-15-11)12(19)17-8-1-2-9-7(3-8)4-16-18-9/h1-6H,(H,16,18)(H,17,19). The molecule has 0 fully saturated rings. The number of carbonyl (C=O) groups is 1. The Kier molecular flexibility index (Phi) is 2.96. The lowest BCUT2D eigenvalue weighted by Gasteiger charge is -2.04. The van der Waals surface area contributed by atoms with Gasteiger partial charge in [0, 0.05) is 11.1 Å². The van der Waals surface area contributed by atoms with Crippen molar-refractivity contribution in [2.45, 2.75) is 0 Å². The van der Waals surface area contributed by atoms with E-state index < -0.39 is 0 Å².